The van der Waals surface area contributed by atoms with Crippen LogP contribution in [0.2, 0.25) is 5.28 Å². The Labute approximate surface area is 75.4 Å². The summed E-state index contributed by atoms with van der Waals surface area (Å²) in [6.07, 6.45) is 3.22. The first-order valence-electron chi connectivity index (χ1n) is 3.84. The quantitative estimate of drug-likeness (QED) is 0.672. The molecule has 0 bridgehead atoms. The Morgan fingerprint density at radius 1 is 1.58 bits per heavy atom. The molecule has 1 aromatic rings. The smallest absolute Gasteiger partial charge is 0.222 e. The average molecular weight is 185 g/mol. The fourth-order valence-electron chi connectivity index (χ4n) is 1.28. The van der Waals surface area contributed by atoms with Crippen LogP contribution in [0.1, 0.15) is 24.1 Å². The minimum Gasteiger partial charge on any atom is -0.385 e. The Bertz CT molecular complexity index is 323. The maximum absolute atomic E-state index is 9.75. The summed E-state index contributed by atoms with van der Waals surface area (Å²) in [5, 5.41) is 9.99. The van der Waals surface area contributed by atoms with Gasteiger partial charge in [-0.2, -0.15) is 0 Å². The molecule has 1 N–H and O–H groups in total. The number of aromatic nitrogens is 2. The number of nitrogens with zero attached hydrogens (tertiary/aromatic N) is 2. The zero-order valence-electron chi connectivity index (χ0n) is 6.71. The van der Waals surface area contributed by atoms with Crippen LogP contribution in [0.15, 0.2) is 6.20 Å². The topological polar surface area (TPSA) is 46.0 Å². The Kier molecular flexibility index (Phi) is 1.59. The predicted octanol–water partition coefficient (Wildman–Crippen LogP) is 1.42. The molecule has 1 aliphatic rings. The fourth-order valence-corrected chi connectivity index (χ4v) is 1.46. The second kappa shape index (κ2) is 2.41. The van der Waals surface area contributed by atoms with E-state index in [4.69, 9.17) is 11.6 Å². The van der Waals surface area contributed by atoms with Gasteiger partial charge >= 0.3 is 0 Å². The highest BCUT2D eigenvalue weighted by atomic mass is 35.5. The van der Waals surface area contributed by atoms with E-state index in [-0.39, 0.29) is 5.28 Å². The highest BCUT2D eigenvalue weighted by Gasteiger charge is 2.43. The van der Waals surface area contributed by atoms with Crippen LogP contribution in [0.4, 0.5) is 0 Å². The van der Waals surface area contributed by atoms with E-state index < -0.39 is 5.60 Å². The van der Waals surface area contributed by atoms with Gasteiger partial charge in [-0.05, 0) is 31.4 Å². The molecule has 2 rings (SSSR count). The summed E-state index contributed by atoms with van der Waals surface area (Å²) in [5.74, 6) is 0. The lowest BCUT2D eigenvalue weighted by Crippen LogP contribution is -2.08. The zero-order chi connectivity index (χ0) is 8.77. The van der Waals surface area contributed by atoms with Gasteiger partial charge in [0.15, 0.2) is 0 Å². The van der Waals surface area contributed by atoms with Crippen LogP contribution in [-0.4, -0.2) is 15.1 Å². The third-order valence-electron chi connectivity index (χ3n) is 2.17. The number of aryl methyl sites for hydroxylation is 1. The van der Waals surface area contributed by atoms with E-state index in [0.29, 0.717) is 0 Å². The van der Waals surface area contributed by atoms with Crippen LogP contribution < -0.4 is 0 Å². The summed E-state index contributed by atoms with van der Waals surface area (Å²) < 4.78 is 0. The normalized spacial score (nSPS) is 19.2. The molecule has 3 nitrogen and oxygen atoms in total. The van der Waals surface area contributed by atoms with Crippen molar-refractivity contribution in [1.82, 2.24) is 9.97 Å². The van der Waals surface area contributed by atoms with E-state index in [2.05, 4.69) is 9.97 Å². The standard InChI is InChI=1S/C8H9ClN2O/c1-5-6(8(12)2-3-8)4-10-7(9)11-5/h4,12H,2-3H2,1H3. The first-order valence-corrected chi connectivity index (χ1v) is 4.22. The van der Waals surface area contributed by atoms with Crippen molar-refractivity contribution in [2.75, 3.05) is 0 Å². The molecule has 0 unspecified atom stereocenters. The summed E-state index contributed by atoms with van der Waals surface area (Å²) in [4.78, 5) is 7.82. The van der Waals surface area contributed by atoms with Gasteiger partial charge < -0.3 is 5.11 Å². The highest BCUT2D eigenvalue weighted by molar-refractivity contribution is 6.28. The van der Waals surface area contributed by atoms with Crippen LogP contribution in [0.5, 0.6) is 0 Å². The van der Waals surface area contributed by atoms with Crippen molar-refractivity contribution in [3.8, 4) is 0 Å². The average Bonchev–Trinajstić information content (AvgIpc) is 2.68. The Balaban J connectivity index is 2.45. The molecule has 0 aromatic carbocycles. The largest absolute Gasteiger partial charge is 0.385 e. The molecule has 0 atom stereocenters. The summed E-state index contributed by atoms with van der Waals surface area (Å²) >= 11 is 5.58. The number of hydrogen-bond donors (Lipinski definition) is 1. The molecule has 1 aliphatic carbocycles. The molecule has 0 spiro atoms. The van der Waals surface area contributed by atoms with Crippen LogP contribution >= 0.6 is 11.6 Å². The van der Waals surface area contributed by atoms with E-state index in [1.54, 1.807) is 6.20 Å². The van der Waals surface area contributed by atoms with E-state index in [1.807, 2.05) is 6.92 Å². The second-order valence-electron chi connectivity index (χ2n) is 3.17. The Morgan fingerprint density at radius 2 is 2.25 bits per heavy atom. The lowest BCUT2D eigenvalue weighted by Gasteiger charge is -2.09. The lowest BCUT2D eigenvalue weighted by atomic mass is 10.1. The zero-order valence-corrected chi connectivity index (χ0v) is 7.47. The van der Waals surface area contributed by atoms with Crippen LogP contribution in [0, 0.1) is 6.92 Å². The van der Waals surface area contributed by atoms with Crippen molar-refractivity contribution >= 4 is 11.6 Å². The molecule has 64 valence electrons. The molecule has 0 amide bonds. The van der Waals surface area contributed by atoms with Gasteiger partial charge in [-0.3, -0.25) is 0 Å². The Hall–Kier alpha value is -0.670. The van der Waals surface area contributed by atoms with Crippen molar-refractivity contribution in [1.29, 1.82) is 0 Å². The van der Waals surface area contributed by atoms with Crippen molar-refractivity contribution in [3.63, 3.8) is 0 Å². The van der Waals surface area contributed by atoms with Crippen LogP contribution in [-0.2, 0) is 5.60 Å². The Morgan fingerprint density at radius 3 is 2.75 bits per heavy atom. The van der Waals surface area contributed by atoms with Crippen molar-refractivity contribution in [3.05, 3.63) is 22.7 Å². The van der Waals surface area contributed by atoms with E-state index in [1.165, 1.54) is 0 Å². The highest BCUT2D eigenvalue weighted by Crippen LogP contribution is 2.45. The lowest BCUT2D eigenvalue weighted by molar-refractivity contribution is 0.150. The molecule has 12 heavy (non-hydrogen) atoms. The van der Waals surface area contributed by atoms with Crippen molar-refractivity contribution < 1.29 is 5.11 Å². The van der Waals surface area contributed by atoms with Crippen LogP contribution in [0.3, 0.4) is 0 Å². The molecule has 4 heteroatoms. The number of hydrogen-bond acceptors (Lipinski definition) is 3. The first-order chi connectivity index (χ1) is 5.62. The minimum absolute atomic E-state index is 0.237. The third-order valence-corrected chi connectivity index (χ3v) is 2.36. The van der Waals surface area contributed by atoms with Gasteiger partial charge in [0.1, 0.15) is 0 Å². The fraction of sp³-hybridized carbons (Fsp3) is 0.500. The molecule has 0 saturated heterocycles. The summed E-state index contributed by atoms with van der Waals surface area (Å²) in [6.45, 7) is 1.83. The van der Waals surface area contributed by atoms with Gasteiger partial charge in [0.05, 0.1) is 5.60 Å². The molecule has 1 fully saturated rings. The van der Waals surface area contributed by atoms with Gasteiger partial charge in [0.2, 0.25) is 5.28 Å². The molecular weight excluding hydrogens is 176 g/mol. The number of rotatable bonds is 1. The maximum atomic E-state index is 9.75. The van der Waals surface area contributed by atoms with Crippen molar-refractivity contribution in [2.24, 2.45) is 0 Å². The summed E-state index contributed by atoms with van der Waals surface area (Å²) in [6, 6.07) is 0. The van der Waals surface area contributed by atoms with Gasteiger partial charge in [-0.15, -0.1) is 0 Å². The molecule has 1 heterocycles. The predicted molar refractivity (Wildman–Crippen MR) is 44.9 cm³/mol. The van der Waals surface area contributed by atoms with E-state index in [0.717, 1.165) is 24.1 Å². The molecule has 1 aromatic heterocycles. The monoisotopic (exact) mass is 184 g/mol. The molecule has 1 saturated carbocycles. The van der Waals surface area contributed by atoms with Gasteiger partial charge in [-0.1, -0.05) is 0 Å². The van der Waals surface area contributed by atoms with Gasteiger partial charge in [0, 0.05) is 17.5 Å². The summed E-state index contributed by atoms with van der Waals surface area (Å²) in [5.41, 5.74) is 0.927. The maximum Gasteiger partial charge on any atom is 0.222 e. The van der Waals surface area contributed by atoms with Crippen molar-refractivity contribution in [2.45, 2.75) is 25.4 Å². The number of aliphatic hydroxyl groups is 1. The first kappa shape index (κ1) is 7.95. The third kappa shape index (κ3) is 1.19. The minimum atomic E-state index is -0.658. The molecule has 0 aliphatic heterocycles. The molecule has 0 radical (unpaired) electrons. The second-order valence-corrected chi connectivity index (χ2v) is 3.51. The van der Waals surface area contributed by atoms with Crippen LogP contribution in [0.25, 0.3) is 0 Å². The van der Waals surface area contributed by atoms with Gasteiger partial charge in [-0.25, -0.2) is 9.97 Å². The SMILES string of the molecule is Cc1nc(Cl)ncc1C1(O)CC1. The van der Waals surface area contributed by atoms with E-state index in [9.17, 15) is 5.11 Å². The summed E-state index contributed by atoms with van der Waals surface area (Å²) in [7, 11) is 0. The van der Waals surface area contributed by atoms with E-state index >= 15 is 0 Å². The van der Waals surface area contributed by atoms with Gasteiger partial charge in [0.25, 0.3) is 0 Å². The number of halogens is 1. The molecular formula is C8H9ClN2O.